The van der Waals surface area contributed by atoms with E-state index in [0.29, 0.717) is 39.3 Å². The van der Waals surface area contributed by atoms with Crippen molar-refractivity contribution in [3.8, 4) is 0 Å². The summed E-state index contributed by atoms with van der Waals surface area (Å²) in [5, 5.41) is 32.3. The van der Waals surface area contributed by atoms with Crippen LogP contribution in [0.4, 0.5) is 0 Å². The minimum Gasteiger partial charge on any atom is -0.480 e. The molecule has 5 N–H and O–H groups in total. The van der Waals surface area contributed by atoms with Crippen molar-refractivity contribution in [1.29, 1.82) is 0 Å². The lowest BCUT2D eigenvalue weighted by atomic mass is 10.1. The number of carboxylic acid groups (broad SMARTS) is 3. The minimum atomic E-state index is -1.02. The first kappa shape index (κ1) is 25.9. The van der Waals surface area contributed by atoms with Crippen molar-refractivity contribution in [2.75, 3.05) is 65.4 Å². The van der Waals surface area contributed by atoms with Crippen LogP contribution in [0.1, 0.15) is 13.8 Å². The zero-order valence-corrected chi connectivity index (χ0v) is 16.5. The number of nitrogens with zero attached hydrogens (tertiary/aromatic N) is 2. The number of aliphatic carboxylic acids is 3. The molecule has 0 aromatic rings. The molecule has 0 aliphatic heterocycles. The average molecular weight is 404 g/mol. The van der Waals surface area contributed by atoms with E-state index < -0.39 is 17.9 Å². The molecule has 0 heterocycles. The van der Waals surface area contributed by atoms with Crippen LogP contribution >= 0.6 is 0 Å². The smallest absolute Gasteiger partial charge is 0.317 e. The Morgan fingerprint density at radius 1 is 0.714 bits per heavy atom. The molecule has 0 aromatic heterocycles. The van der Waals surface area contributed by atoms with Crippen LogP contribution < -0.4 is 10.6 Å². The van der Waals surface area contributed by atoms with Gasteiger partial charge in [-0.25, -0.2) is 0 Å². The third-order valence-electron chi connectivity index (χ3n) is 3.88. The standard InChI is InChI=1S/C17H32N4O7/c1-13(2)14(22)9-18-3-5-20(11-16(25)26)7-8-21(12-17(27)28)6-4-19-10-15(23)24/h13,18-19H,3-12H2,1-2H3,(H,23,24)(H,25,26)(H,27,28). The van der Waals surface area contributed by atoms with Crippen molar-refractivity contribution in [1.82, 2.24) is 20.4 Å². The van der Waals surface area contributed by atoms with Gasteiger partial charge in [0.15, 0.2) is 0 Å². The van der Waals surface area contributed by atoms with Crippen molar-refractivity contribution in [3.63, 3.8) is 0 Å². The minimum absolute atomic E-state index is 0.0677. The summed E-state index contributed by atoms with van der Waals surface area (Å²) >= 11 is 0. The highest BCUT2D eigenvalue weighted by molar-refractivity contribution is 5.82. The number of nitrogens with one attached hydrogen (secondary N) is 2. The molecule has 0 atom stereocenters. The largest absolute Gasteiger partial charge is 0.480 e. The number of Topliss-reactive ketones (excluding diaryl/α,β-unsaturated/α-hetero) is 1. The van der Waals surface area contributed by atoms with Crippen LogP contribution in [0.25, 0.3) is 0 Å². The molecule has 0 unspecified atom stereocenters. The van der Waals surface area contributed by atoms with E-state index in [1.54, 1.807) is 9.80 Å². The summed E-state index contributed by atoms with van der Waals surface area (Å²) in [6.45, 7) is 5.31. The maximum Gasteiger partial charge on any atom is 0.317 e. The Bertz CT molecular complexity index is 514. The summed E-state index contributed by atoms with van der Waals surface area (Å²) in [6, 6.07) is 0. The summed E-state index contributed by atoms with van der Waals surface area (Å²) in [7, 11) is 0. The van der Waals surface area contributed by atoms with E-state index in [0.717, 1.165) is 0 Å². The number of rotatable bonds is 18. The van der Waals surface area contributed by atoms with Crippen molar-refractivity contribution < 1.29 is 34.5 Å². The Morgan fingerprint density at radius 3 is 1.50 bits per heavy atom. The lowest BCUT2D eigenvalue weighted by Gasteiger charge is -2.26. The van der Waals surface area contributed by atoms with E-state index >= 15 is 0 Å². The molecule has 11 heteroatoms. The molecule has 28 heavy (non-hydrogen) atoms. The summed E-state index contributed by atoms with van der Waals surface area (Å²) in [4.78, 5) is 47.4. The van der Waals surface area contributed by atoms with Gasteiger partial charge in [-0.1, -0.05) is 13.8 Å². The van der Waals surface area contributed by atoms with Crippen LogP contribution in [0.5, 0.6) is 0 Å². The van der Waals surface area contributed by atoms with Gasteiger partial charge in [-0.2, -0.15) is 0 Å². The second-order valence-corrected chi connectivity index (χ2v) is 6.71. The summed E-state index contributed by atoms with van der Waals surface area (Å²) in [5.74, 6) is -3.00. The predicted molar refractivity (Wildman–Crippen MR) is 101 cm³/mol. The number of carbonyl (C=O) groups excluding carboxylic acids is 1. The Morgan fingerprint density at radius 2 is 1.14 bits per heavy atom. The van der Waals surface area contributed by atoms with E-state index in [1.807, 2.05) is 13.8 Å². The SMILES string of the molecule is CC(C)C(=O)CNCCN(CCN(CCNCC(=O)O)CC(=O)O)CC(=O)O. The Hall–Kier alpha value is -2.08. The Kier molecular flexibility index (Phi) is 13.8. The first-order chi connectivity index (χ1) is 13.1. The number of hydrogen-bond donors (Lipinski definition) is 5. The summed E-state index contributed by atoms with van der Waals surface area (Å²) in [5.41, 5.74) is 0. The monoisotopic (exact) mass is 404 g/mol. The average Bonchev–Trinajstić information content (AvgIpc) is 2.58. The third-order valence-corrected chi connectivity index (χ3v) is 3.88. The van der Waals surface area contributed by atoms with Gasteiger partial charge in [-0.15, -0.1) is 0 Å². The molecule has 11 nitrogen and oxygen atoms in total. The van der Waals surface area contributed by atoms with Crippen LogP contribution in [0, 0.1) is 5.92 Å². The van der Waals surface area contributed by atoms with Crippen molar-refractivity contribution in [2.45, 2.75) is 13.8 Å². The van der Waals surface area contributed by atoms with E-state index in [2.05, 4.69) is 10.6 Å². The first-order valence-electron chi connectivity index (χ1n) is 9.16. The van der Waals surface area contributed by atoms with Gasteiger partial charge in [0, 0.05) is 45.2 Å². The van der Waals surface area contributed by atoms with Crippen molar-refractivity contribution >= 4 is 23.7 Å². The molecule has 0 aromatic carbocycles. The van der Waals surface area contributed by atoms with Crippen molar-refractivity contribution in [3.05, 3.63) is 0 Å². The highest BCUT2D eigenvalue weighted by Crippen LogP contribution is 1.95. The Labute approximate surface area is 164 Å². The van der Waals surface area contributed by atoms with Gasteiger partial charge < -0.3 is 26.0 Å². The van der Waals surface area contributed by atoms with Gasteiger partial charge in [0.25, 0.3) is 0 Å². The highest BCUT2D eigenvalue weighted by Gasteiger charge is 2.15. The normalized spacial score (nSPS) is 11.3. The Balaban J connectivity index is 4.45. The van der Waals surface area contributed by atoms with Crippen molar-refractivity contribution in [2.24, 2.45) is 5.92 Å². The lowest BCUT2D eigenvalue weighted by molar-refractivity contribution is -0.140. The van der Waals surface area contributed by atoms with E-state index in [4.69, 9.17) is 15.3 Å². The highest BCUT2D eigenvalue weighted by atomic mass is 16.4. The van der Waals surface area contributed by atoms with Crippen LogP contribution in [-0.4, -0.2) is 114 Å². The fourth-order valence-corrected chi connectivity index (χ4v) is 2.29. The van der Waals surface area contributed by atoms with Crippen LogP contribution in [0.15, 0.2) is 0 Å². The lowest BCUT2D eigenvalue weighted by Crippen LogP contribution is -2.44. The van der Waals surface area contributed by atoms with Gasteiger partial charge in [0.2, 0.25) is 0 Å². The quantitative estimate of drug-likeness (QED) is 0.165. The summed E-state index contributed by atoms with van der Waals surface area (Å²) < 4.78 is 0. The second kappa shape index (κ2) is 14.9. The molecule has 0 spiro atoms. The number of hydrogen-bond acceptors (Lipinski definition) is 8. The topological polar surface area (TPSA) is 160 Å². The maximum atomic E-state index is 11.6. The number of carbonyl (C=O) groups is 4. The molecule has 162 valence electrons. The van der Waals surface area contributed by atoms with Crippen LogP contribution in [-0.2, 0) is 19.2 Å². The molecule has 0 radical (unpaired) electrons. The number of carboxylic acids is 3. The second-order valence-electron chi connectivity index (χ2n) is 6.71. The molecule has 0 saturated carbocycles. The molecular weight excluding hydrogens is 372 g/mol. The zero-order chi connectivity index (χ0) is 21.5. The fraction of sp³-hybridized carbons (Fsp3) is 0.765. The molecule has 0 rings (SSSR count). The molecule has 0 fully saturated rings. The van der Waals surface area contributed by atoms with Gasteiger partial charge >= 0.3 is 17.9 Å². The van der Waals surface area contributed by atoms with Gasteiger partial charge in [0.1, 0.15) is 5.78 Å². The fourth-order valence-electron chi connectivity index (χ4n) is 2.29. The van der Waals surface area contributed by atoms with E-state index in [1.165, 1.54) is 0 Å². The van der Waals surface area contributed by atoms with Gasteiger partial charge in [-0.05, 0) is 0 Å². The van der Waals surface area contributed by atoms with Crippen LogP contribution in [0.2, 0.25) is 0 Å². The number of ketones is 1. The van der Waals surface area contributed by atoms with Gasteiger partial charge in [-0.3, -0.25) is 29.0 Å². The summed E-state index contributed by atoms with van der Waals surface area (Å²) in [6.07, 6.45) is 0. The molecule has 0 aliphatic rings. The van der Waals surface area contributed by atoms with Gasteiger partial charge in [0.05, 0.1) is 26.2 Å². The predicted octanol–water partition coefficient (Wildman–Crippen LogP) is -1.75. The zero-order valence-electron chi connectivity index (χ0n) is 16.5. The third kappa shape index (κ3) is 15.0. The van der Waals surface area contributed by atoms with E-state index in [9.17, 15) is 19.2 Å². The molecule has 0 aliphatic carbocycles. The maximum absolute atomic E-state index is 11.6. The van der Waals surface area contributed by atoms with E-state index in [-0.39, 0.29) is 37.9 Å². The molecule has 0 saturated heterocycles. The van der Waals surface area contributed by atoms with Crippen LogP contribution in [0.3, 0.4) is 0 Å². The molecular formula is C17H32N4O7. The molecule has 0 bridgehead atoms. The first-order valence-corrected chi connectivity index (χ1v) is 9.16. The molecule has 0 amide bonds.